The molecule has 102 valence electrons. The number of halogens is 1. The van der Waals surface area contributed by atoms with Crippen LogP contribution < -0.4 is 0 Å². The number of hydrogen-bond donors (Lipinski definition) is 0. The number of rotatable bonds is 6. The lowest BCUT2D eigenvalue weighted by molar-refractivity contribution is -0.154. The molecule has 0 radical (unpaired) electrons. The summed E-state index contributed by atoms with van der Waals surface area (Å²) in [4.78, 5) is 35.4. The van der Waals surface area contributed by atoms with Crippen LogP contribution in [0.3, 0.4) is 0 Å². The second-order valence-electron chi connectivity index (χ2n) is 3.92. The summed E-state index contributed by atoms with van der Waals surface area (Å²) in [6, 6.07) is 6.20. The Morgan fingerprint density at radius 3 is 2.21 bits per heavy atom. The summed E-state index contributed by atoms with van der Waals surface area (Å²) in [5, 5.41) is 0.501. The SMILES string of the molecule is CCOC(=O)C(=O)[C@H](CC)C(=O)c1ccc(Cl)cc1. The van der Waals surface area contributed by atoms with Crippen LogP contribution in [0.4, 0.5) is 0 Å². The van der Waals surface area contributed by atoms with Crippen LogP contribution in [0, 0.1) is 5.92 Å². The predicted molar refractivity (Wildman–Crippen MR) is 71.2 cm³/mol. The van der Waals surface area contributed by atoms with Crippen molar-refractivity contribution in [1.82, 2.24) is 0 Å². The lowest BCUT2D eigenvalue weighted by atomic mass is 9.91. The van der Waals surface area contributed by atoms with E-state index in [-0.39, 0.29) is 13.0 Å². The number of ether oxygens (including phenoxy) is 1. The second-order valence-corrected chi connectivity index (χ2v) is 4.35. The fraction of sp³-hybridized carbons (Fsp3) is 0.357. The molecule has 0 saturated heterocycles. The van der Waals surface area contributed by atoms with Crippen LogP contribution in [0.5, 0.6) is 0 Å². The van der Waals surface area contributed by atoms with Crippen LogP contribution in [0.1, 0.15) is 30.6 Å². The molecule has 1 atom stereocenters. The van der Waals surface area contributed by atoms with Gasteiger partial charge in [-0.3, -0.25) is 9.59 Å². The van der Waals surface area contributed by atoms with Gasteiger partial charge in [0.15, 0.2) is 5.78 Å². The molecule has 0 amide bonds. The third-order valence-corrected chi connectivity index (χ3v) is 2.90. The van der Waals surface area contributed by atoms with E-state index in [0.717, 1.165) is 0 Å². The van der Waals surface area contributed by atoms with Crippen molar-refractivity contribution in [1.29, 1.82) is 0 Å². The predicted octanol–water partition coefficient (Wildman–Crippen LogP) is 2.68. The zero-order valence-electron chi connectivity index (χ0n) is 10.8. The molecule has 19 heavy (non-hydrogen) atoms. The van der Waals surface area contributed by atoms with Crippen molar-refractivity contribution in [3.05, 3.63) is 34.9 Å². The molecular weight excluding hydrogens is 268 g/mol. The molecule has 0 heterocycles. The Hall–Kier alpha value is -1.68. The maximum Gasteiger partial charge on any atom is 0.375 e. The third-order valence-electron chi connectivity index (χ3n) is 2.65. The normalized spacial score (nSPS) is 11.7. The molecule has 0 aromatic heterocycles. The van der Waals surface area contributed by atoms with Gasteiger partial charge in [0.25, 0.3) is 5.78 Å². The van der Waals surface area contributed by atoms with Gasteiger partial charge < -0.3 is 4.74 Å². The van der Waals surface area contributed by atoms with Crippen molar-refractivity contribution in [2.45, 2.75) is 20.3 Å². The van der Waals surface area contributed by atoms with Crippen LogP contribution in [-0.2, 0) is 14.3 Å². The number of hydrogen-bond acceptors (Lipinski definition) is 4. The van der Waals surface area contributed by atoms with Crippen molar-refractivity contribution in [2.24, 2.45) is 5.92 Å². The molecule has 0 N–H and O–H groups in total. The summed E-state index contributed by atoms with van der Waals surface area (Å²) in [5.74, 6) is -3.15. The number of esters is 1. The number of ketones is 2. The van der Waals surface area contributed by atoms with Crippen LogP contribution in [0.2, 0.25) is 5.02 Å². The van der Waals surface area contributed by atoms with E-state index in [1.54, 1.807) is 26.0 Å². The monoisotopic (exact) mass is 282 g/mol. The molecule has 0 spiro atoms. The van der Waals surface area contributed by atoms with Crippen LogP contribution in [-0.4, -0.2) is 24.1 Å². The summed E-state index contributed by atoms with van der Waals surface area (Å²) >= 11 is 5.73. The highest BCUT2D eigenvalue weighted by Gasteiger charge is 2.31. The highest BCUT2D eigenvalue weighted by molar-refractivity contribution is 6.39. The van der Waals surface area contributed by atoms with Gasteiger partial charge in [-0.25, -0.2) is 4.79 Å². The zero-order chi connectivity index (χ0) is 14.4. The fourth-order valence-electron chi connectivity index (χ4n) is 1.65. The second kappa shape index (κ2) is 7.04. The zero-order valence-corrected chi connectivity index (χ0v) is 11.6. The lowest BCUT2D eigenvalue weighted by Gasteiger charge is -2.11. The Morgan fingerprint density at radius 2 is 1.74 bits per heavy atom. The highest BCUT2D eigenvalue weighted by atomic mass is 35.5. The summed E-state index contributed by atoms with van der Waals surface area (Å²) in [6.07, 6.45) is 0.249. The molecule has 0 unspecified atom stereocenters. The standard InChI is InChI=1S/C14H15ClO4/c1-3-11(13(17)14(18)19-4-2)12(16)9-5-7-10(15)8-6-9/h5-8,11H,3-4H2,1-2H3/t11-/m1/s1. The highest BCUT2D eigenvalue weighted by Crippen LogP contribution is 2.17. The summed E-state index contributed by atoms with van der Waals surface area (Å²) < 4.78 is 4.63. The number of carbonyl (C=O) groups is 3. The van der Waals surface area contributed by atoms with Crippen molar-refractivity contribution < 1.29 is 19.1 Å². The van der Waals surface area contributed by atoms with Crippen molar-refractivity contribution >= 4 is 29.1 Å². The Morgan fingerprint density at radius 1 is 1.16 bits per heavy atom. The molecule has 0 aliphatic heterocycles. The van der Waals surface area contributed by atoms with Crippen molar-refractivity contribution in [2.75, 3.05) is 6.61 Å². The minimum Gasteiger partial charge on any atom is -0.460 e. The van der Waals surface area contributed by atoms with E-state index in [2.05, 4.69) is 4.74 Å². The molecule has 0 aliphatic carbocycles. The first-order valence-electron chi connectivity index (χ1n) is 6.02. The number of carbonyl (C=O) groups excluding carboxylic acids is 3. The maximum absolute atomic E-state index is 12.2. The van der Waals surface area contributed by atoms with Gasteiger partial charge in [0, 0.05) is 10.6 Å². The first-order valence-corrected chi connectivity index (χ1v) is 6.39. The quantitative estimate of drug-likeness (QED) is 0.348. The smallest absolute Gasteiger partial charge is 0.375 e. The minimum atomic E-state index is -1.000. The maximum atomic E-state index is 12.2. The summed E-state index contributed by atoms with van der Waals surface area (Å²) in [6.45, 7) is 3.39. The topological polar surface area (TPSA) is 60.4 Å². The molecule has 1 rings (SSSR count). The molecule has 5 heteroatoms. The molecule has 0 bridgehead atoms. The molecule has 4 nitrogen and oxygen atoms in total. The van der Waals surface area contributed by atoms with E-state index in [1.807, 2.05) is 0 Å². The van der Waals surface area contributed by atoms with E-state index in [9.17, 15) is 14.4 Å². The van der Waals surface area contributed by atoms with Gasteiger partial charge in [0.05, 0.1) is 12.5 Å². The Labute approximate surface area is 116 Å². The first kappa shape index (κ1) is 15.4. The largest absolute Gasteiger partial charge is 0.460 e. The molecule has 1 aromatic rings. The van der Waals surface area contributed by atoms with E-state index in [1.165, 1.54) is 12.1 Å². The average Bonchev–Trinajstić information content (AvgIpc) is 2.40. The fourth-order valence-corrected chi connectivity index (χ4v) is 1.78. The van der Waals surface area contributed by atoms with Gasteiger partial charge in [0.1, 0.15) is 0 Å². The first-order chi connectivity index (χ1) is 9.01. The minimum absolute atomic E-state index is 0.107. The summed E-state index contributed by atoms with van der Waals surface area (Å²) in [7, 11) is 0. The number of Topliss-reactive ketones (excluding diaryl/α,β-unsaturated/α-hetero) is 2. The molecular formula is C14H15ClO4. The van der Waals surface area contributed by atoms with Gasteiger partial charge in [-0.2, -0.15) is 0 Å². The van der Waals surface area contributed by atoms with E-state index in [4.69, 9.17) is 11.6 Å². The van der Waals surface area contributed by atoms with Crippen LogP contribution in [0.25, 0.3) is 0 Å². The van der Waals surface area contributed by atoms with E-state index < -0.39 is 23.5 Å². The van der Waals surface area contributed by atoms with E-state index in [0.29, 0.717) is 10.6 Å². The Kier molecular flexibility index (Phi) is 5.70. The average molecular weight is 283 g/mol. The van der Waals surface area contributed by atoms with Gasteiger partial charge in [-0.1, -0.05) is 18.5 Å². The van der Waals surface area contributed by atoms with Gasteiger partial charge in [0.2, 0.25) is 0 Å². The molecule has 0 fully saturated rings. The van der Waals surface area contributed by atoms with Crippen molar-refractivity contribution in [3.63, 3.8) is 0 Å². The third kappa shape index (κ3) is 3.89. The van der Waals surface area contributed by atoms with Crippen molar-refractivity contribution in [3.8, 4) is 0 Å². The van der Waals surface area contributed by atoms with Gasteiger partial charge >= 0.3 is 5.97 Å². The Bertz CT molecular complexity index is 479. The van der Waals surface area contributed by atoms with Crippen LogP contribution >= 0.6 is 11.6 Å². The van der Waals surface area contributed by atoms with Gasteiger partial charge in [-0.05, 0) is 37.6 Å². The summed E-state index contributed by atoms with van der Waals surface area (Å²) in [5.41, 5.74) is 0.355. The molecule has 0 saturated carbocycles. The Balaban J connectivity index is 2.90. The number of benzene rings is 1. The molecule has 0 aliphatic rings. The van der Waals surface area contributed by atoms with E-state index >= 15 is 0 Å². The van der Waals surface area contributed by atoms with Crippen LogP contribution in [0.15, 0.2) is 24.3 Å². The lowest BCUT2D eigenvalue weighted by Crippen LogP contribution is -2.31. The van der Waals surface area contributed by atoms with Gasteiger partial charge in [-0.15, -0.1) is 0 Å². The molecule has 1 aromatic carbocycles.